The Kier molecular flexibility index (Phi) is 7.57. The second kappa shape index (κ2) is 10.1. The third-order valence-electron chi connectivity index (χ3n) is 6.21. The van der Waals surface area contributed by atoms with Crippen LogP contribution in [0.25, 0.3) is 0 Å². The molecule has 1 aliphatic heterocycles. The van der Waals surface area contributed by atoms with Crippen molar-refractivity contribution in [2.45, 2.75) is 50.2 Å². The summed E-state index contributed by atoms with van der Waals surface area (Å²) in [6, 6.07) is 9.89. The van der Waals surface area contributed by atoms with Gasteiger partial charge in [-0.2, -0.15) is 0 Å². The molecule has 0 radical (unpaired) electrons. The maximum Gasteiger partial charge on any atom is 0.191 e. The molecule has 0 spiro atoms. The van der Waals surface area contributed by atoms with Crippen LogP contribution in [0, 0.1) is 0 Å². The first kappa shape index (κ1) is 20.9. The van der Waals surface area contributed by atoms with Gasteiger partial charge in [-0.25, -0.2) is 0 Å². The van der Waals surface area contributed by atoms with Crippen LogP contribution >= 0.6 is 0 Å². The van der Waals surface area contributed by atoms with Crippen LogP contribution in [0.15, 0.2) is 29.3 Å². The number of likely N-dealkylation sites (N-methyl/N-ethyl adjacent to an activating group) is 1. The number of ether oxygens (including phenoxy) is 1. The Labute approximate surface area is 170 Å². The molecule has 1 aliphatic carbocycles. The van der Waals surface area contributed by atoms with Crippen LogP contribution in [0.3, 0.4) is 0 Å². The van der Waals surface area contributed by atoms with Crippen molar-refractivity contribution < 1.29 is 4.74 Å². The van der Waals surface area contributed by atoms with E-state index < -0.39 is 0 Å². The second-order valence-corrected chi connectivity index (χ2v) is 8.27. The summed E-state index contributed by atoms with van der Waals surface area (Å²) in [5.41, 5.74) is 1.27. The zero-order valence-corrected chi connectivity index (χ0v) is 17.9. The number of benzene rings is 1. The van der Waals surface area contributed by atoms with E-state index >= 15 is 0 Å². The van der Waals surface area contributed by atoms with E-state index in [4.69, 9.17) is 4.74 Å². The molecule has 0 aromatic heterocycles. The fraction of sp³-hybridized carbons (Fsp3) is 0.682. The third kappa shape index (κ3) is 5.39. The van der Waals surface area contributed by atoms with Crippen molar-refractivity contribution in [3.05, 3.63) is 29.8 Å². The van der Waals surface area contributed by atoms with Crippen LogP contribution in [-0.4, -0.2) is 75.7 Å². The minimum atomic E-state index is 0.267. The van der Waals surface area contributed by atoms with Gasteiger partial charge in [0.2, 0.25) is 0 Å². The van der Waals surface area contributed by atoms with Crippen molar-refractivity contribution in [1.82, 2.24) is 20.4 Å². The molecule has 6 nitrogen and oxygen atoms in total. The molecule has 0 bridgehead atoms. The number of nitrogens with one attached hydrogen (secondary N) is 2. The Morgan fingerprint density at radius 1 is 1.21 bits per heavy atom. The maximum atomic E-state index is 5.28. The summed E-state index contributed by atoms with van der Waals surface area (Å²) in [5, 5.41) is 7.18. The summed E-state index contributed by atoms with van der Waals surface area (Å²) in [5.74, 6) is 1.79. The molecule has 3 rings (SSSR count). The fourth-order valence-corrected chi connectivity index (χ4v) is 4.51. The minimum Gasteiger partial charge on any atom is -0.497 e. The zero-order valence-electron chi connectivity index (χ0n) is 17.9. The molecular formula is C22H37N5O. The molecule has 2 unspecified atom stereocenters. The fourth-order valence-electron chi connectivity index (χ4n) is 4.51. The molecule has 1 aromatic rings. The van der Waals surface area contributed by atoms with Crippen molar-refractivity contribution in [3.8, 4) is 5.75 Å². The zero-order chi connectivity index (χ0) is 19.9. The SMILES string of the molecule is CN=C(NCC(c1ccc(OC)cc1)N(C)C)NC1CCN(C2CCCC2)C1. The van der Waals surface area contributed by atoms with Crippen LogP contribution < -0.4 is 15.4 Å². The van der Waals surface area contributed by atoms with Gasteiger partial charge >= 0.3 is 0 Å². The van der Waals surface area contributed by atoms with Gasteiger partial charge < -0.3 is 20.3 Å². The Balaban J connectivity index is 1.51. The molecule has 2 aliphatic rings. The molecule has 1 heterocycles. The molecule has 1 saturated carbocycles. The number of rotatable bonds is 7. The molecule has 6 heteroatoms. The van der Waals surface area contributed by atoms with Crippen molar-refractivity contribution in [2.75, 3.05) is 47.9 Å². The highest BCUT2D eigenvalue weighted by Crippen LogP contribution is 2.26. The van der Waals surface area contributed by atoms with E-state index in [1.165, 1.54) is 44.2 Å². The molecule has 28 heavy (non-hydrogen) atoms. The monoisotopic (exact) mass is 387 g/mol. The first-order chi connectivity index (χ1) is 13.6. The summed E-state index contributed by atoms with van der Waals surface area (Å²) >= 11 is 0. The normalized spacial score (nSPS) is 22.6. The van der Waals surface area contributed by atoms with E-state index in [0.29, 0.717) is 6.04 Å². The number of aliphatic imine (C=N–C) groups is 1. The quantitative estimate of drug-likeness (QED) is 0.556. The van der Waals surface area contributed by atoms with Gasteiger partial charge in [0.05, 0.1) is 13.2 Å². The van der Waals surface area contributed by atoms with Crippen molar-refractivity contribution in [1.29, 1.82) is 0 Å². The van der Waals surface area contributed by atoms with Crippen LogP contribution in [-0.2, 0) is 0 Å². The minimum absolute atomic E-state index is 0.267. The first-order valence-electron chi connectivity index (χ1n) is 10.6. The molecular weight excluding hydrogens is 350 g/mol. The van der Waals surface area contributed by atoms with Gasteiger partial charge in [-0.05, 0) is 51.1 Å². The van der Waals surface area contributed by atoms with Crippen LogP contribution in [0.4, 0.5) is 0 Å². The largest absolute Gasteiger partial charge is 0.497 e. The topological polar surface area (TPSA) is 52.1 Å². The summed E-state index contributed by atoms with van der Waals surface area (Å²) < 4.78 is 5.28. The first-order valence-corrected chi connectivity index (χ1v) is 10.6. The van der Waals surface area contributed by atoms with Gasteiger partial charge in [-0.3, -0.25) is 9.89 Å². The maximum absolute atomic E-state index is 5.28. The third-order valence-corrected chi connectivity index (χ3v) is 6.21. The predicted molar refractivity (Wildman–Crippen MR) is 116 cm³/mol. The lowest BCUT2D eigenvalue weighted by Crippen LogP contribution is -2.47. The number of hydrogen-bond donors (Lipinski definition) is 2. The van der Waals surface area contributed by atoms with Gasteiger partial charge in [0.15, 0.2) is 5.96 Å². The van der Waals surface area contributed by atoms with E-state index in [2.05, 4.69) is 51.7 Å². The highest BCUT2D eigenvalue weighted by Gasteiger charge is 2.30. The number of hydrogen-bond acceptors (Lipinski definition) is 4. The van der Waals surface area contributed by atoms with E-state index in [-0.39, 0.29) is 6.04 Å². The van der Waals surface area contributed by atoms with E-state index in [1.807, 2.05) is 19.2 Å². The molecule has 2 fully saturated rings. The standard InChI is InChI=1S/C22H37N5O/c1-23-22(25-18-13-14-27(16-18)19-7-5-6-8-19)24-15-21(26(2)3)17-9-11-20(28-4)12-10-17/h9-12,18-19,21H,5-8,13-16H2,1-4H3,(H2,23,24,25). The summed E-state index contributed by atoms with van der Waals surface area (Å²) in [6.07, 6.45) is 6.77. The lowest BCUT2D eigenvalue weighted by atomic mass is 10.1. The Morgan fingerprint density at radius 3 is 2.54 bits per heavy atom. The number of nitrogens with zero attached hydrogens (tertiary/aromatic N) is 3. The van der Waals surface area contributed by atoms with E-state index in [9.17, 15) is 0 Å². The van der Waals surface area contributed by atoms with Crippen LogP contribution in [0.1, 0.15) is 43.7 Å². The second-order valence-electron chi connectivity index (χ2n) is 8.27. The smallest absolute Gasteiger partial charge is 0.191 e. The van der Waals surface area contributed by atoms with Crippen molar-refractivity contribution in [2.24, 2.45) is 4.99 Å². The average molecular weight is 388 g/mol. The molecule has 2 atom stereocenters. The highest BCUT2D eigenvalue weighted by atomic mass is 16.5. The van der Waals surface area contributed by atoms with Crippen LogP contribution in [0.2, 0.25) is 0 Å². The lowest BCUT2D eigenvalue weighted by Gasteiger charge is -2.27. The number of guanidine groups is 1. The van der Waals surface area contributed by atoms with Gasteiger partial charge in [-0.15, -0.1) is 0 Å². The summed E-state index contributed by atoms with van der Waals surface area (Å²) in [4.78, 5) is 9.38. The lowest BCUT2D eigenvalue weighted by molar-refractivity contribution is 0.242. The molecule has 1 aromatic carbocycles. The molecule has 0 amide bonds. The Morgan fingerprint density at radius 2 is 1.93 bits per heavy atom. The number of methoxy groups -OCH3 is 1. The van der Waals surface area contributed by atoms with E-state index in [0.717, 1.165) is 30.8 Å². The van der Waals surface area contributed by atoms with Crippen LogP contribution in [0.5, 0.6) is 5.75 Å². The molecule has 156 valence electrons. The molecule has 2 N–H and O–H groups in total. The number of likely N-dealkylation sites (tertiary alicyclic amines) is 1. The average Bonchev–Trinajstić information content (AvgIpc) is 3.39. The Hall–Kier alpha value is -1.79. The highest BCUT2D eigenvalue weighted by molar-refractivity contribution is 5.80. The van der Waals surface area contributed by atoms with Crippen molar-refractivity contribution >= 4 is 5.96 Å². The van der Waals surface area contributed by atoms with Gasteiger partial charge in [0.25, 0.3) is 0 Å². The van der Waals surface area contributed by atoms with Crippen molar-refractivity contribution in [3.63, 3.8) is 0 Å². The van der Waals surface area contributed by atoms with Gasteiger partial charge in [0, 0.05) is 38.8 Å². The van der Waals surface area contributed by atoms with Gasteiger partial charge in [-0.1, -0.05) is 25.0 Å². The van der Waals surface area contributed by atoms with E-state index in [1.54, 1.807) is 7.11 Å². The predicted octanol–water partition coefficient (Wildman–Crippen LogP) is 2.48. The molecule has 1 saturated heterocycles. The van der Waals surface area contributed by atoms with Gasteiger partial charge in [0.1, 0.15) is 5.75 Å². The summed E-state index contributed by atoms with van der Waals surface area (Å²) in [7, 11) is 7.79. The summed E-state index contributed by atoms with van der Waals surface area (Å²) in [6.45, 7) is 3.16. The Bertz CT molecular complexity index is 624.